The highest BCUT2D eigenvalue weighted by Gasteiger charge is 2.23. The first-order valence-corrected chi connectivity index (χ1v) is 5.24. The summed E-state index contributed by atoms with van der Waals surface area (Å²) in [5.41, 5.74) is 13.1. The van der Waals surface area contributed by atoms with E-state index in [4.69, 9.17) is 11.5 Å². The molecule has 1 aliphatic rings. The van der Waals surface area contributed by atoms with Crippen molar-refractivity contribution in [1.82, 2.24) is 15.3 Å². The summed E-state index contributed by atoms with van der Waals surface area (Å²) in [6.45, 7) is 1.51. The van der Waals surface area contributed by atoms with E-state index in [0.29, 0.717) is 12.2 Å². The molecule has 1 unspecified atom stereocenters. The van der Waals surface area contributed by atoms with E-state index in [1.165, 1.54) is 6.92 Å². The highest BCUT2D eigenvalue weighted by atomic mass is 16.1. The smallest absolute Gasteiger partial charge is 0.222 e. The highest BCUT2D eigenvalue weighted by molar-refractivity contribution is 5.73. The molecule has 1 heterocycles. The van der Waals surface area contributed by atoms with Gasteiger partial charge in [0.25, 0.3) is 0 Å². The molecule has 0 radical (unpaired) electrons. The van der Waals surface area contributed by atoms with E-state index in [1.807, 2.05) is 0 Å². The Bertz CT molecular complexity index is 431. The quantitative estimate of drug-likeness (QED) is 0.600. The Kier molecular flexibility index (Phi) is 2.64. The van der Waals surface area contributed by atoms with Crippen molar-refractivity contribution in [2.24, 2.45) is 0 Å². The molecule has 1 aromatic heterocycles. The molecule has 0 bridgehead atoms. The van der Waals surface area contributed by atoms with Gasteiger partial charge in [-0.15, -0.1) is 0 Å². The van der Waals surface area contributed by atoms with Crippen LogP contribution in [0.3, 0.4) is 0 Å². The number of nitrogens with one attached hydrogen (secondary N) is 1. The molecule has 6 nitrogen and oxygen atoms in total. The number of aryl methyl sites for hydroxylation is 1. The van der Waals surface area contributed by atoms with Gasteiger partial charge in [-0.25, -0.2) is 4.98 Å². The molecule has 16 heavy (non-hydrogen) atoms. The third-order valence-corrected chi connectivity index (χ3v) is 2.73. The molecule has 1 aliphatic carbocycles. The molecular weight excluding hydrogens is 206 g/mol. The lowest BCUT2D eigenvalue weighted by atomic mass is 9.92. The van der Waals surface area contributed by atoms with Crippen LogP contribution in [-0.2, 0) is 17.6 Å². The molecule has 0 saturated carbocycles. The lowest BCUT2D eigenvalue weighted by Gasteiger charge is -2.25. The number of aromatic nitrogens is 2. The number of fused-ring (bicyclic) bond motifs is 1. The maximum atomic E-state index is 11.0. The standard InChI is InChI=1S/C10H15N5O/c1-5(16)13-6-2-3-8-7(4-6)9(11)15-10(12)14-8/h6H,2-4H2,1H3,(H,13,16)(H4,11,12,14,15). The number of carbonyl (C=O) groups excluding carboxylic acids is 1. The van der Waals surface area contributed by atoms with Crippen LogP contribution in [0.25, 0.3) is 0 Å². The molecule has 2 rings (SSSR count). The van der Waals surface area contributed by atoms with Crippen molar-refractivity contribution in [2.75, 3.05) is 11.5 Å². The van der Waals surface area contributed by atoms with Gasteiger partial charge in [-0.2, -0.15) is 4.98 Å². The zero-order valence-corrected chi connectivity index (χ0v) is 9.16. The van der Waals surface area contributed by atoms with Gasteiger partial charge in [0.2, 0.25) is 11.9 Å². The van der Waals surface area contributed by atoms with Gasteiger partial charge in [0.15, 0.2) is 0 Å². The number of anilines is 2. The average molecular weight is 221 g/mol. The van der Waals surface area contributed by atoms with Crippen LogP contribution < -0.4 is 16.8 Å². The third-order valence-electron chi connectivity index (χ3n) is 2.73. The number of rotatable bonds is 1. The van der Waals surface area contributed by atoms with Crippen LogP contribution in [0, 0.1) is 0 Å². The van der Waals surface area contributed by atoms with Crippen LogP contribution in [0.4, 0.5) is 11.8 Å². The maximum absolute atomic E-state index is 11.0. The zero-order chi connectivity index (χ0) is 11.7. The minimum atomic E-state index is -0.0246. The van der Waals surface area contributed by atoms with Crippen LogP contribution in [0.15, 0.2) is 0 Å². The molecule has 0 saturated heterocycles. The van der Waals surface area contributed by atoms with Gasteiger partial charge in [-0.05, 0) is 19.3 Å². The Labute approximate surface area is 93.4 Å². The molecule has 86 valence electrons. The summed E-state index contributed by atoms with van der Waals surface area (Å²) >= 11 is 0. The zero-order valence-electron chi connectivity index (χ0n) is 9.16. The predicted octanol–water partition coefficient (Wildman–Crippen LogP) is -0.366. The lowest BCUT2D eigenvalue weighted by Crippen LogP contribution is -2.38. The Morgan fingerprint density at radius 3 is 2.88 bits per heavy atom. The lowest BCUT2D eigenvalue weighted by molar-refractivity contribution is -0.119. The minimum absolute atomic E-state index is 0.0246. The van der Waals surface area contributed by atoms with Crippen molar-refractivity contribution in [3.05, 3.63) is 11.3 Å². The van der Waals surface area contributed by atoms with Crippen molar-refractivity contribution in [3.63, 3.8) is 0 Å². The number of nitrogens with two attached hydrogens (primary N) is 2. The van der Waals surface area contributed by atoms with Crippen LogP contribution in [0.1, 0.15) is 24.6 Å². The summed E-state index contributed by atoms with van der Waals surface area (Å²) in [5, 5.41) is 2.88. The number of nitrogen functional groups attached to an aromatic ring is 2. The van der Waals surface area contributed by atoms with E-state index in [9.17, 15) is 4.79 Å². The van der Waals surface area contributed by atoms with Crippen molar-refractivity contribution >= 4 is 17.7 Å². The minimum Gasteiger partial charge on any atom is -0.383 e. The molecule has 6 heteroatoms. The normalized spacial score (nSPS) is 18.9. The van der Waals surface area contributed by atoms with E-state index in [2.05, 4.69) is 15.3 Å². The molecule has 5 N–H and O–H groups in total. The first-order chi connectivity index (χ1) is 7.56. The number of carbonyl (C=O) groups is 1. The first-order valence-electron chi connectivity index (χ1n) is 5.24. The van der Waals surface area contributed by atoms with Crippen LogP contribution in [0.5, 0.6) is 0 Å². The second-order valence-electron chi connectivity index (χ2n) is 4.03. The van der Waals surface area contributed by atoms with Crippen molar-refractivity contribution in [3.8, 4) is 0 Å². The third kappa shape index (κ3) is 2.05. The van der Waals surface area contributed by atoms with E-state index < -0.39 is 0 Å². The fourth-order valence-electron chi connectivity index (χ4n) is 2.07. The number of nitrogens with zero attached hydrogens (tertiary/aromatic N) is 2. The van der Waals surface area contributed by atoms with E-state index in [1.54, 1.807) is 0 Å². The second kappa shape index (κ2) is 3.96. The van der Waals surface area contributed by atoms with Crippen LogP contribution >= 0.6 is 0 Å². The highest BCUT2D eigenvalue weighted by Crippen LogP contribution is 2.24. The van der Waals surface area contributed by atoms with Crippen molar-refractivity contribution < 1.29 is 4.79 Å². The monoisotopic (exact) mass is 221 g/mol. The summed E-state index contributed by atoms with van der Waals surface area (Å²) in [5.74, 6) is 0.621. The fourth-order valence-corrected chi connectivity index (χ4v) is 2.07. The van der Waals surface area contributed by atoms with Gasteiger partial charge in [0, 0.05) is 18.5 Å². The van der Waals surface area contributed by atoms with Gasteiger partial charge in [-0.3, -0.25) is 4.79 Å². The Morgan fingerprint density at radius 1 is 1.44 bits per heavy atom. The van der Waals surface area contributed by atoms with Crippen LogP contribution in [-0.4, -0.2) is 21.9 Å². The maximum Gasteiger partial charge on any atom is 0.222 e. The van der Waals surface area contributed by atoms with Crippen molar-refractivity contribution in [1.29, 1.82) is 0 Å². The van der Waals surface area contributed by atoms with E-state index in [0.717, 1.165) is 24.1 Å². The summed E-state index contributed by atoms with van der Waals surface area (Å²) in [4.78, 5) is 19.1. The van der Waals surface area contributed by atoms with Gasteiger partial charge in [0.05, 0.1) is 5.69 Å². The predicted molar refractivity (Wildman–Crippen MR) is 60.5 cm³/mol. The van der Waals surface area contributed by atoms with E-state index in [-0.39, 0.29) is 17.9 Å². The number of hydrogen-bond donors (Lipinski definition) is 3. The van der Waals surface area contributed by atoms with Gasteiger partial charge >= 0.3 is 0 Å². The molecule has 1 atom stereocenters. The summed E-state index contributed by atoms with van der Waals surface area (Å²) in [6, 6.07) is 0.125. The van der Waals surface area contributed by atoms with Crippen LogP contribution in [0.2, 0.25) is 0 Å². The molecule has 0 fully saturated rings. The SMILES string of the molecule is CC(=O)NC1CCc2nc(N)nc(N)c2C1. The first kappa shape index (κ1) is 10.7. The van der Waals surface area contributed by atoms with Crippen molar-refractivity contribution in [2.45, 2.75) is 32.2 Å². The molecular formula is C10H15N5O. The molecule has 0 aliphatic heterocycles. The average Bonchev–Trinajstić information content (AvgIpc) is 2.18. The molecule has 1 aromatic rings. The number of hydrogen-bond acceptors (Lipinski definition) is 5. The Balaban J connectivity index is 2.23. The van der Waals surface area contributed by atoms with E-state index >= 15 is 0 Å². The van der Waals surface area contributed by atoms with Gasteiger partial charge < -0.3 is 16.8 Å². The van der Waals surface area contributed by atoms with Gasteiger partial charge in [-0.1, -0.05) is 0 Å². The summed E-state index contributed by atoms with van der Waals surface area (Å²) in [6.07, 6.45) is 2.32. The molecule has 1 amide bonds. The molecule has 0 aromatic carbocycles. The Morgan fingerprint density at radius 2 is 2.19 bits per heavy atom. The number of amides is 1. The molecule has 0 spiro atoms. The summed E-state index contributed by atoms with van der Waals surface area (Å²) in [7, 11) is 0. The van der Waals surface area contributed by atoms with Gasteiger partial charge in [0.1, 0.15) is 5.82 Å². The largest absolute Gasteiger partial charge is 0.383 e. The fraction of sp³-hybridized carbons (Fsp3) is 0.500. The Hall–Kier alpha value is -1.85. The topological polar surface area (TPSA) is 107 Å². The second-order valence-corrected chi connectivity index (χ2v) is 4.03. The summed E-state index contributed by atoms with van der Waals surface area (Å²) < 4.78 is 0.